The number of fused-ring (bicyclic) bond motifs is 1. The molecule has 3 heterocycles. The Morgan fingerprint density at radius 1 is 1.05 bits per heavy atom. The van der Waals surface area contributed by atoms with Crippen molar-refractivity contribution in [2.45, 2.75) is 52.2 Å². The van der Waals surface area contributed by atoms with E-state index in [4.69, 9.17) is 5.10 Å². The highest BCUT2D eigenvalue weighted by molar-refractivity contribution is 8.00. The van der Waals surface area contributed by atoms with E-state index in [0.717, 1.165) is 33.6 Å². The number of nitrogens with one attached hydrogen (secondary N) is 1. The molecule has 1 aliphatic heterocycles. The maximum atomic E-state index is 13.8. The average molecular weight is 559 g/mol. The summed E-state index contributed by atoms with van der Waals surface area (Å²) in [7, 11) is 0. The number of aryl methyl sites for hydroxylation is 3. The summed E-state index contributed by atoms with van der Waals surface area (Å²) < 4.78 is 1.90. The van der Waals surface area contributed by atoms with E-state index >= 15 is 0 Å². The minimum Gasteiger partial charge on any atom is -0.325 e. The van der Waals surface area contributed by atoms with Gasteiger partial charge >= 0.3 is 0 Å². The Hall–Kier alpha value is -3.36. The summed E-state index contributed by atoms with van der Waals surface area (Å²) in [6.45, 7) is 12.5. The molecule has 2 amide bonds. The fourth-order valence-corrected chi connectivity index (χ4v) is 7.11. The maximum Gasteiger partial charge on any atom is 0.244 e. The SMILES string of the molecule is Cc1ccc(NC(=O)CN2C(=O)CSC(c3cccs3)c3c(C(C)(C)C)nn(-c4ccc(C)cc4C)c32)cc1. The van der Waals surface area contributed by atoms with E-state index in [0.29, 0.717) is 11.5 Å². The van der Waals surface area contributed by atoms with Gasteiger partial charge in [0.1, 0.15) is 12.4 Å². The van der Waals surface area contributed by atoms with Crippen molar-refractivity contribution >= 4 is 46.4 Å². The molecule has 1 aliphatic rings. The zero-order valence-corrected chi connectivity index (χ0v) is 24.9. The first-order valence-corrected chi connectivity index (χ1v) is 15.0. The summed E-state index contributed by atoms with van der Waals surface area (Å²) in [5.41, 5.74) is 6.59. The highest BCUT2D eigenvalue weighted by atomic mass is 32.2. The van der Waals surface area contributed by atoms with Gasteiger partial charge in [-0.1, -0.05) is 62.2 Å². The second-order valence-electron chi connectivity index (χ2n) is 11.1. The van der Waals surface area contributed by atoms with Crippen molar-refractivity contribution in [2.24, 2.45) is 0 Å². The van der Waals surface area contributed by atoms with E-state index in [-0.39, 0.29) is 34.8 Å². The largest absolute Gasteiger partial charge is 0.325 e. The number of carbonyl (C=O) groups is 2. The van der Waals surface area contributed by atoms with E-state index < -0.39 is 0 Å². The molecule has 0 saturated heterocycles. The Bertz CT molecular complexity index is 1520. The van der Waals surface area contributed by atoms with Crippen molar-refractivity contribution in [3.8, 4) is 5.69 Å². The van der Waals surface area contributed by atoms with Crippen LogP contribution >= 0.6 is 23.1 Å². The van der Waals surface area contributed by atoms with Crippen LogP contribution in [0.25, 0.3) is 5.69 Å². The van der Waals surface area contributed by atoms with Crippen LogP contribution in [0.5, 0.6) is 0 Å². The maximum absolute atomic E-state index is 13.8. The number of thiophene rings is 1. The molecule has 6 nitrogen and oxygen atoms in total. The van der Waals surface area contributed by atoms with E-state index in [1.807, 2.05) is 41.9 Å². The molecule has 5 rings (SSSR count). The first-order valence-electron chi connectivity index (χ1n) is 13.1. The van der Waals surface area contributed by atoms with Crippen molar-refractivity contribution in [2.75, 3.05) is 22.5 Å². The zero-order chi connectivity index (χ0) is 27.9. The Morgan fingerprint density at radius 3 is 2.41 bits per heavy atom. The molecule has 0 spiro atoms. The number of aromatic nitrogens is 2. The molecule has 0 radical (unpaired) electrons. The molecule has 39 heavy (non-hydrogen) atoms. The third-order valence-electron chi connectivity index (χ3n) is 6.82. The fraction of sp³-hybridized carbons (Fsp3) is 0.323. The Morgan fingerprint density at radius 2 is 1.77 bits per heavy atom. The summed E-state index contributed by atoms with van der Waals surface area (Å²) in [5.74, 6) is 0.597. The predicted molar refractivity (Wildman–Crippen MR) is 163 cm³/mol. The molecule has 0 aliphatic carbocycles. The Balaban J connectivity index is 1.69. The molecule has 0 bridgehead atoms. The number of thioether (sulfide) groups is 1. The van der Waals surface area contributed by atoms with Crippen LogP contribution in [0.15, 0.2) is 60.0 Å². The van der Waals surface area contributed by atoms with Crippen LogP contribution in [0.2, 0.25) is 0 Å². The van der Waals surface area contributed by atoms with Gasteiger partial charge in [-0.2, -0.15) is 5.10 Å². The molecule has 0 fully saturated rings. The van der Waals surface area contributed by atoms with Crippen LogP contribution in [-0.2, 0) is 15.0 Å². The van der Waals surface area contributed by atoms with E-state index in [1.165, 1.54) is 4.88 Å². The van der Waals surface area contributed by atoms with Gasteiger partial charge in [0, 0.05) is 21.5 Å². The lowest BCUT2D eigenvalue weighted by Crippen LogP contribution is -2.40. The van der Waals surface area contributed by atoms with Crippen LogP contribution in [0.4, 0.5) is 11.5 Å². The standard InChI is InChI=1S/C31H34N4O2S2/c1-19-9-12-22(13-10-19)32-25(36)17-34-26(37)18-39-28(24-8-7-15-38-24)27-29(31(4,5)6)33-35(30(27)34)23-14-11-20(2)16-21(23)3/h7-16,28H,17-18H2,1-6H3,(H,32,36). The summed E-state index contributed by atoms with van der Waals surface area (Å²) in [4.78, 5) is 30.0. The van der Waals surface area contributed by atoms with Gasteiger partial charge in [-0.15, -0.1) is 23.1 Å². The average Bonchev–Trinajstić information content (AvgIpc) is 3.51. The molecule has 1 N–H and O–H groups in total. The molecular weight excluding hydrogens is 525 g/mol. The van der Waals surface area contributed by atoms with Crippen molar-refractivity contribution in [3.05, 3.63) is 92.8 Å². The van der Waals surface area contributed by atoms with Gasteiger partial charge in [-0.25, -0.2) is 4.68 Å². The second kappa shape index (κ2) is 10.7. The van der Waals surface area contributed by atoms with Gasteiger partial charge in [0.25, 0.3) is 0 Å². The summed E-state index contributed by atoms with van der Waals surface area (Å²) >= 11 is 3.29. The van der Waals surface area contributed by atoms with E-state index in [1.54, 1.807) is 28.0 Å². The minimum atomic E-state index is -0.285. The third-order valence-corrected chi connectivity index (χ3v) is 9.14. The lowest BCUT2D eigenvalue weighted by Gasteiger charge is -2.24. The van der Waals surface area contributed by atoms with Crippen LogP contribution in [0.1, 0.15) is 58.8 Å². The molecule has 0 saturated carbocycles. The van der Waals surface area contributed by atoms with Gasteiger partial charge in [-0.05, 0) is 56.0 Å². The Labute approximate surface area is 238 Å². The molecule has 4 aromatic rings. The van der Waals surface area contributed by atoms with Gasteiger partial charge in [0.15, 0.2) is 0 Å². The van der Waals surface area contributed by atoms with Crippen LogP contribution in [0, 0.1) is 20.8 Å². The van der Waals surface area contributed by atoms with Crippen LogP contribution < -0.4 is 10.2 Å². The summed E-state index contributed by atoms with van der Waals surface area (Å²) in [5, 5.41) is 10.2. The number of hydrogen-bond donors (Lipinski definition) is 1. The lowest BCUT2D eigenvalue weighted by molar-refractivity contribution is -0.120. The summed E-state index contributed by atoms with van der Waals surface area (Å²) in [6.07, 6.45) is 0. The van der Waals surface area contributed by atoms with Gasteiger partial charge in [0.05, 0.1) is 22.4 Å². The summed E-state index contributed by atoms with van der Waals surface area (Å²) in [6, 6.07) is 18.1. The zero-order valence-electron chi connectivity index (χ0n) is 23.2. The number of rotatable bonds is 5. The molecular formula is C31H34N4O2S2. The molecule has 2 aromatic carbocycles. The van der Waals surface area contributed by atoms with Crippen LogP contribution in [-0.4, -0.2) is 33.9 Å². The number of anilines is 2. The van der Waals surface area contributed by atoms with Crippen molar-refractivity contribution in [3.63, 3.8) is 0 Å². The predicted octanol–water partition coefficient (Wildman–Crippen LogP) is 6.96. The van der Waals surface area contributed by atoms with E-state index in [9.17, 15) is 9.59 Å². The molecule has 1 atom stereocenters. The van der Waals surface area contributed by atoms with Crippen LogP contribution in [0.3, 0.4) is 0 Å². The number of amides is 2. The molecule has 8 heteroatoms. The van der Waals surface area contributed by atoms with Gasteiger partial charge in [0.2, 0.25) is 11.8 Å². The topological polar surface area (TPSA) is 67.2 Å². The number of carbonyl (C=O) groups excluding carboxylic acids is 2. The first-order chi connectivity index (χ1) is 18.5. The van der Waals surface area contributed by atoms with Gasteiger partial charge in [-0.3, -0.25) is 14.5 Å². The normalized spacial score (nSPS) is 15.7. The number of benzene rings is 2. The van der Waals surface area contributed by atoms with E-state index in [2.05, 4.69) is 69.6 Å². The molecule has 1 unspecified atom stereocenters. The fourth-order valence-electron chi connectivity index (χ4n) is 4.93. The third kappa shape index (κ3) is 5.54. The molecule has 2 aromatic heterocycles. The number of hydrogen-bond acceptors (Lipinski definition) is 5. The van der Waals surface area contributed by atoms with Gasteiger partial charge < -0.3 is 5.32 Å². The monoisotopic (exact) mass is 558 g/mol. The van der Waals surface area contributed by atoms with Crippen molar-refractivity contribution in [1.29, 1.82) is 0 Å². The van der Waals surface area contributed by atoms with Crippen molar-refractivity contribution < 1.29 is 9.59 Å². The minimum absolute atomic E-state index is 0.0668. The second-order valence-corrected chi connectivity index (χ2v) is 13.2. The van der Waals surface area contributed by atoms with Crippen molar-refractivity contribution in [1.82, 2.24) is 9.78 Å². The number of nitrogens with zero attached hydrogens (tertiary/aromatic N) is 3. The lowest BCUT2D eigenvalue weighted by atomic mass is 9.88. The quantitative estimate of drug-likeness (QED) is 0.287. The highest BCUT2D eigenvalue weighted by Crippen LogP contribution is 2.49. The highest BCUT2D eigenvalue weighted by Gasteiger charge is 2.40. The smallest absolute Gasteiger partial charge is 0.244 e. The first kappa shape index (κ1) is 27.2. The molecule has 202 valence electrons. The Kier molecular flexibility index (Phi) is 7.44.